The number of rotatable bonds is 5. The summed E-state index contributed by atoms with van der Waals surface area (Å²) in [4.78, 5) is 8.70. The molecular weight excluding hydrogens is 340 g/mol. The number of anilines is 2. The average molecular weight is 367 g/mol. The molecule has 26 heavy (non-hydrogen) atoms. The molecule has 0 spiro atoms. The van der Waals surface area contributed by atoms with E-state index in [0.29, 0.717) is 0 Å². The second-order valence-corrected chi connectivity index (χ2v) is 7.16. The maximum Gasteiger partial charge on any atom is 0.105 e. The summed E-state index contributed by atoms with van der Waals surface area (Å²) in [5.41, 5.74) is 4.52. The van der Waals surface area contributed by atoms with Gasteiger partial charge in [-0.05, 0) is 37.1 Å². The molecule has 0 saturated heterocycles. The van der Waals surface area contributed by atoms with Crippen molar-refractivity contribution < 1.29 is 0 Å². The van der Waals surface area contributed by atoms with Crippen LogP contribution in [0.3, 0.4) is 0 Å². The minimum Gasteiger partial charge on any atom is -0.353 e. The molecule has 0 aliphatic heterocycles. The molecule has 0 aliphatic rings. The van der Waals surface area contributed by atoms with Gasteiger partial charge in [-0.2, -0.15) is 0 Å². The fraction of sp³-hybridized carbons (Fsp3) is 0.286. The zero-order valence-corrected chi connectivity index (χ0v) is 16.6. The van der Waals surface area contributed by atoms with E-state index in [1.807, 2.05) is 37.3 Å². The maximum atomic E-state index is 7.45. The lowest BCUT2D eigenvalue weighted by molar-refractivity contribution is 0.626. The lowest BCUT2D eigenvalue weighted by Crippen LogP contribution is -1.93. The van der Waals surface area contributed by atoms with Crippen LogP contribution in [0.25, 0.3) is 15.8 Å². The third-order valence-electron chi connectivity index (χ3n) is 3.96. The Bertz CT molecular complexity index is 866. The number of hydrogen-bond acceptors (Lipinski definition) is 5. The summed E-state index contributed by atoms with van der Waals surface area (Å²) in [6.45, 7) is 8.56. The summed E-state index contributed by atoms with van der Waals surface area (Å²) in [5, 5.41) is 12.9. The maximum absolute atomic E-state index is 7.45. The summed E-state index contributed by atoms with van der Waals surface area (Å²) >= 11 is 1.65. The van der Waals surface area contributed by atoms with Crippen molar-refractivity contribution in [2.45, 2.75) is 34.1 Å². The lowest BCUT2D eigenvalue weighted by atomic mass is 10.1. The molecule has 3 aromatic rings. The van der Waals surface area contributed by atoms with Crippen molar-refractivity contribution in [1.82, 2.24) is 9.97 Å². The zero-order valence-electron chi connectivity index (χ0n) is 15.8. The lowest BCUT2D eigenvalue weighted by Gasteiger charge is -2.05. The van der Waals surface area contributed by atoms with Crippen molar-refractivity contribution in [3.63, 3.8) is 0 Å². The first-order valence-electron chi connectivity index (χ1n) is 8.81. The molecule has 0 saturated carbocycles. The van der Waals surface area contributed by atoms with Gasteiger partial charge < -0.3 is 10.7 Å². The number of allylic oxidation sites excluding steroid dienone is 2. The number of fused-ring (bicyclic) bond motifs is 1. The molecule has 2 N–H and O–H groups in total. The minimum atomic E-state index is 0.816. The number of aromatic nitrogens is 2. The summed E-state index contributed by atoms with van der Waals surface area (Å²) in [6, 6.07) is 7.84. The number of nitrogens with zero attached hydrogens (tertiary/aromatic N) is 2. The van der Waals surface area contributed by atoms with Gasteiger partial charge in [-0.1, -0.05) is 33.3 Å². The Labute approximate surface area is 159 Å². The molecule has 3 rings (SSSR count). The second-order valence-electron chi connectivity index (χ2n) is 6.24. The van der Waals surface area contributed by atoms with E-state index in [1.165, 1.54) is 12.6 Å². The molecule has 0 unspecified atom stereocenters. The Hall–Kier alpha value is -2.53. The summed E-state index contributed by atoms with van der Waals surface area (Å²) in [7, 11) is 0. The first-order valence-corrected chi connectivity index (χ1v) is 9.69. The van der Waals surface area contributed by atoms with Gasteiger partial charge in [0.2, 0.25) is 0 Å². The Morgan fingerprint density at radius 2 is 1.92 bits per heavy atom. The molecule has 0 fully saturated rings. The van der Waals surface area contributed by atoms with E-state index < -0.39 is 0 Å². The average Bonchev–Trinajstić information content (AvgIpc) is 3.06. The van der Waals surface area contributed by atoms with E-state index in [2.05, 4.69) is 41.4 Å². The standard InChI is InChI=1S/C16H14N4S.C5H12/c1-2-11(9-17)13-3-4-15-16(20-13)14(10-21-15)19-12-5-7-18-8-6-12;1-4-5(2)3/h2-10,17H,1H3,(H,18,19);5H,4H2,1-3H3/b11-2+,17-9?;. The molecule has 3 aromatic heterocycles. The van der Waals surface area contributed by atoms with Crippen LogP contribution in [-0.4, -0.2) is 16.2 Å². The van der Waals surface area contributed by atoms with E-state index in [-0.39, 0.29) is 0 Å². The first kappa shape index (κ1) is 19.8. The number of thiophene rings is 1. The predicted octanol–water partition coefficient (Wildman–Crippen LogP) is 6.54. The van der Waals surface area contributed by atoms with Gasteiger partial charge >= 0.3 is 0 Å². The minimum absolute atomic E-state index is 0.816. The molecule has 0 aromatic carbocycles. The van der Waals surface area contributed by atoms with Crippen molar-refractivity contribution in [2.24, 2.45) is 5.92 Å². The third-order valence-corrected chi connectivity index (χ3v) is 4.89. The fourth-order valence-electron chi connectivity index (χ4n) is 2.06. The smallest absolute Gasteiger partial charge is 0.105 e. The number of pyridine rings is 2. The number of nitrogens with one attached hydrogen (secondary N) is 2. The highest BCUT2D eigenvalue weighted by Gasteiger charge is 2.08. The van der Waals surface area contributed by atoms with E-state index in [0.717, 1.165) is 38.8 Å². The molecule has 0 amide bonds. The third kappa shape index (κ3) is 5.23. The molecule has 5 heteroatoms. The van der Waals surface area contributed by atoms with E-state index in [9.17, 15) is 0 Å². The van der Waals surface area contributed by atoms with Crippen LogP contribution in [0.15, 0.2) is 48.1 Å². The zero-order chi connectivity index (χ0) is 18.9. The highest BCUT2D eigenvalue weighted by molar-refractivity contribution is 7.17. The molecule has 0 radical (unpaired) electrons. The largest absolute Gasteiger partial charge is 0.353 e. The van der Waals surface area contributed by atoms with Gasteiger partial charge in [0.05, 0.1) is 16.1 Å². The van der Waals surface area contributed by atoms with Gasteiger partial charge in [0, 0.05) is 35.2 Å². The van der Waals surface area contributed by atoms with Crippen LogP contribution in [0.2, 0.25) is 0 Å². The van der Waals surface area contributed by atoms with Crippen molar-refractivity contribution in [3.8, 4) is 0 Å². The van der Waals surface area contributed by atoms with Crippen molar-refractivity contribution in [3.05, 3.63) is 53.8 Å². The van der Waals surface area contributed by atoms with Gasteiger partial charge in [0.1, 0.15) is 5.52 Å². The Balaban J connectivity index is 0.000000431. The normalized spacial score (nSPS) is 11.2. The van der Waals surface area contributed by atoms with Crippen LogP contribution in [0.4, 0.5) is 11.4 Å². The molecule has 136 valence electrons. The predicted molar refractivity (Wildman–Crippen MR) is 115 cm³/mol. The van der Waals surface area contributed by atoms with Gasteiger partial charge in [0.15, 0.2) is 0 Å². The molecule has 4 nitrogen and oxygen atoms in total. The summed E-state index contributed by atoms with van der Waals surface area (Å²) < 4.78 is 1.12. The van der Waals surface area contributed by atoms with Gasteiger partial charge in [-0.25, -0.2) is 4.98 Å². The van der Waals surface area contributed by atoms with Crippen LogP contribution < -0.4 is 5.32 Å². The van der Waals surface area contributed by atoms with Gasteiger partial charge in [-0.15, -0.1) is 11.3 Å². The highest BCUT2D eigenvalue weighted by Crippen LogP contribution is 2.31. The summed E-state index contributed by atoms with van der Waals surface area (Å²) in [5.74, 6) is 0.884. The molecule has 0 atom stereocenters. The first-order chi connectivity index (χ1) is 12.6. The van der Waals surface area contributed by atoms with E-state index in [4.69, 9.17) is 5.41 Å². The molecule has 0 aliphatic carbocycles. The van der Waals surface area contributed by atoms with Crippen LogP contribution in [0, 0.1) is 11.3 Å². The van der Waals surface area contributed by atoms with Crippen LogP contribution in [-0.2, 0) is 0 Å². The second kappa shape index (κ2) is 9.82. The molecule has 0 bridgehead atoms. The number of hydrogen-bond donors (Lipinski definition) is 2. The Morgan fingerprint density at radius 1 is 1.23 bits per heavy atom. The molecular formula is C21H26N4S. The van der Waals surface area contributed by atoms with Gasteiger partial charge in [-0.3, -0.25) is 4.98 Å². The van der Waals surface area contributed by atoms with Gasteiger partial charge in [0.25, 0.3) is 0 Å². The quantitative estimate of drug-likeness (QED) is 0.504. The Morgan fingerprint density at radius 3 is 2.50 bits per heavy atom. The monoisotopic (exact) mass is 366 g/mol. The van der Waals surface area contributed by atoms with Crippen LogP contribution >= 0.6 is 11.3 Å². The SMILES string of the molecule is C/C=C(\C=N)c1ccc2scc(Nc3ccncc3)c2n1.CCC(C)C. The molecule has 3 heterocycles. The van der Waals surface area contributed by atoms with Crippen LogP contribution in [0.1, 0.15) is 39.8 Å². The fourth-order valence-corrected chi connectivity index (χ4v) is 2.89. The van der Waals surface area contributed by atoms with E-state index >= 15 is 0 Å². The van der Waals surface area contributed by atoms with Crippen molar-refractivity contribution in [1.29, 1.82) is 5.41 Å². The topological polar surface area (TPSA) is 61.7 Å². The van der Waals surface area contributed by atoms with E-state index in [1.54, 1.807) is 23.7 Å². The highest BCUT2D eigenvalue weighted by atomic mass is 32.1. The van der Waals surface area contributed by atoms with Crippen LogP contribution in [0.5, 0.6) is 0 Å². The van der Waals surface area contributed by atoms with Crippen molar-refractivity contribution >= 4 is 44.7 Å². The van der Waals surface area contributed by atoms with Crippen molar-refractivity contribution in [2.75, 3.05) is 5.32 Å². The summed E-state index contributed by atoms with van der Waals surface area (Å²) in [6.07, 6.45) is 8.03. The Kier molecular flexibility index (Phi) is 7.48.